The van der Waals surface area contributed by atoms with Crippen molar-refractivity contribution in [1.82, 2.24) is 9.38 Å². The van der Waals surface area contributed by atoms with Crippen LogP contribution in [0.1, 0.15) is 5.69 Å². The highest BCUT2D eigenvalue weighted by molar-refractivity contribution is 7.15. The van der Waals surface area contributed by atoms with Crippen LogP contribution in [0, 0.1) is 11.6 Å². The molecular formula is C13H11F2N3OS. The maximum atomic E-state index is 13.6. The van der Waals surface area contributed by atoms with Gasteiger partial charge in [-0.25, -0.2) is 8.78 Å². The lowest BCUT2D eigenvalue weighted by molar-refractivity contribution is 0.420. The van der Waals surface area contributed by atoms with Crippen LogP contribution in [0.3, 0.4) is 0 Å². The van der Waals surface area contributed by atoms with Crippen molar-refractivity contribution >= 4 is 16.3 Å². The van der Waals surface area contributed by atoms with Crippen molar-refractivity contribution in [3.8, 4) is 11.6 Å². The molecule has 2 heterocycles. The second-order valence-electron chi connectivity index (χ2n) is 4.13. The van der Waals surface area contributed by atoms with Gasteiger partial charge in [-0.05, 0) is 18.7 Å². The molecule has 20 heavy (non-hydrogen) atoms. The summed E-state index contributed by atoms with van der Waals surface area (Å²) in [6.07, 6.45) is 2.37. The fraction of sp³-hybridized carbons (Fsp3) is 0.154. The maximum Gasteiger partial charge on any atom is 0.242 e. The third-order valence-electron chi connectivity index (χ3n) is 2.81. The minimum absolute atomic E-state index is 0.186. The predicted molar refractivity (Wildman–Crippen MR) is 72.3 cm³/mol. The summed E-state index contributed by atoms with van der Waals surface area (Å²) in [5, 5.41) is 1.88. The van der Waals surface area contributed by atoms with E-state index in [-0.39, 0.29) is 11.6 Å². The van der Waals surface area contributed by atoms with Crippen LogP contribution in [-0.4, -0.2) is 15.9 Å². The summed E-state index contributed by atoms with van der Waals surface area (Å²) in [5.74, 6) is -1.13. The monoisotopic (exact) mass is 295 g/mol. The zero-order valence-corrected chi connectivity index (χ0v) is 11.2. The van der Waals surface area contributed by atoms with Gasteiger partial charge in [0.05, 0.1) is 5.69 Å². The second-order valence-corrected chi connectivity index (χ2v) is 5.01. The fourth-order valence-corrected chi connectivity index (χ4v) is 2.64. The van der Waals surface area contributed by atoms with Gasteiger partial charge in [0, 0.05) is 24.1 Å². The van der Waals surface area contributed by atoms with Crippen LogP contribution in [0.5, 0.6) is 11.6 Å². The first-order valence-corrected chi connectivity index (χ1v) is 6.84. The summed E-state index contributed by atoms with van der Waals surface area (Å²) in [5.41, 5.74) is 6.31. The lowest BCUT2D eigenvalue weighted by Gasteiger charge is -2.06. The number of benzene rings is 1. The van der Waals surface area contributed by atoms with Crippen molar-refractivity contribution in [2.45, 2.75) is 6.42 Å². The van der Waals surface area contributed by atoms with E-state index in [9.17, 15) is 8.78 Å². The summed E-state index contributed by atoms with van der Waals surface area (Å²) in [4.78, 5) is 4.99. The molecule has 4 nitrogen and oxygen atoms in total. The maximum absolute atomic E-state index is 13.6. The van der Waals surface area contributed by atoms with E-state index in [1.807, 2.05) is 16.0 Å². The molecule has 7 heteroatoms. The highest BCUT2D eigenvalue weighted by atomic mass is 32.1. The van der Waals surface area contributed by atoms with Gasteiger partial charge in [-0.15, -0.1) is 11.3 Å². The molecule has 104 valence electrons. The van der Waals surface area contributed by atoms with Gasteiger partial charge in [0.2, 0.25) is 5.88 Å². The first kappa shape index (κ1) is 13.0. The molecule has 1 aromatic carbocycles. The van der Waals surface area contributed by atoms with Crippen LogP contribution in [0.4, 0.5) is 8.78 Å². The Balaban J connectivity index is 2.03. The molecular weight excluding hydrogens is 284 g/mol. The van der Waals surface area contributed by atoms with E-state index in [1.165, 1.54) is 11.3 Å². The number of fused-ring (bicyclic) bond motifs is 1. The third kappa shape index (κ3) is 2.25. The van der Waals surface area contributed by atoms with Crippen molar-refractivity contribution in [1.29, 1.82) is 0 Å². The Morgan fingerprint density at radius 1 is 1.35 bits per heavy atom. The zero-order valence-electron chi connectivity index (χ0n) is 10.3. The standard InChI is InChI=1S/C13H11F2N3OS/c14-8-1-2-9(15)11(7-8)19-12-10(3-4-16)18-5-6-20-13(18)17-12/h1-2,5-7H,3-4,16H2. The first-order valence-electron chi connectivity index (χ1n) is 5.96. The van der Waals surface area contributed by atoms with Gasteiger partial charge in [0.1, 0.15) is 5.82 Å². The number of thiazole rings is 1. The average Bonchev–Trinajstić information content (AvgIpc) is 2.98. The molecule has 0 spiro atoms. The molecule has 0 fully saturated rings. The number of imidazole rings is 1. The molecule has 0 unspecified atom stereocenters. The molecule has 3 rings (SSSR count). The summed E-state index contributed by atoms with van der Waals surface area (Å²) < 4.78 is 34.0. The molecule has 3 aromatic rings. The third-order valence-corrected chi connectivity index (χ3v) is 3.56. The average molecular weight is 295 g/mol. The Morgan fingerprint density at radius 2 is 2.20 bits per heavy atom. The van der Waals surface area contributed by atoms with E-state index in [0.29, 0.717) is 13.0 Å². The summed E-state index contributed by atoms with van der Waals surface area (Å²) in [6.45, 7) is 0.408. The summed E-state index contributed by atoms with van der Waals surface area (Å²) in [7, 11) is 0. The lowest BCUT2D eigenvalue weighted by atomic mass is 10.3. The van der Waals surface area contributed by atoms with Crippen LogP contribution in [0.25, 0.3) is 4.96 Å². The van der Waals surface area contributed by atoms with Gasteiger partial charge in [0.25, 0.3) is 0 Å². The second kappa shape index (κ2) is 5.18. The molecule has 0 amide bonds. The van der Waals surface area contributed by atoms with Gasteiger partial charge in [-0.1, -0.05) is 0 Å². The van der Waals surface area contributed by atoms with E-state index in [1.54, 1.807) is 0 Å². The van der Waals surface area contributed by atoms with Crippen LogP contribution in [-0.2, 0) is 6.42 Å². The van der Waals surface area contributed by atoms with Crippen LogP contribution in [0.2, 0.25) is 0 Å². The Morgan fingerprint density at radius 3 is 3.00 bits per heavy atom. The molecule has 0 radical (unpaired) electrons. The number of nitrogens with zero attached hydrogens (tertiary/aromatic N) is 2. The largest absolute Gasteiger partial charge is 0.434 e. The number of halogens is 2. The van der Waals surface area contributed by atoms with Crippen LogP contribution < -0.4 is 10.5 Å². The van der Waals surface area contributed by atoms with Gasteiger partial charge < -0.3 is 10.5 Å². The highest BCUT2D eigenvalue weighted by Gasteiger charge is 2.16. The van der Waals surface area contributed by atoms with E-state index < -0.39 is 11.6 Å². The van der Waals surface area contributed by atoms with Crippen molar-refractivity contribution in [2.75, 3.05) is 6.54 Å². The van der Waals surface area contributed by atoms with Gasteiger partial charge >= 0.3 is 0 Å². The molecule has 0 saturated carbocycles. The van der Waals surface area contributed by atoms with E-state index in [2.05, 4.69) is 4.98 Å². The number of aromatic nitrogens is 2. The first-order chi connectivity index (χ1) is 9.69. The molecule has 0 aliphatic rings. The number of rotatable bonds is 4. The summed E-state index contributed by atoms with van der Waals surface area (Å²) >= 11 is 1.43. The minimum atomic E-state index is -0.638. The van der Waals surface area contributed by atoms with Gasteiger partial charge in [0.15, 0.2) is 16.5 Å². The van der Waals surface area contributed by atoms with Crippen molar-refractivity contribution in [3.05, 3.63) is 47.1 Å². The lowest BCUT2D eigenvalue weighted by Crippen LogP contribution is -2.06. The molecule has 2 aromatic heterocycles. The predicted octanol–water partition coefficient (Wildman–Crippen LogP) is 2.97. The van der Waals surface area contributed by atoms with Gasteiger partial charge in [-0.2, -0.15) is 4.98 Å². The zero-order chi connectivity index (χ0) is 14.1. The normalized spacial score (nSPS) is 11.2. The van der Waals surface area contributed by atoms with Crippen molar-refractivity contribution in [3.63, 3.8) is 0 Å². The topological polar surface area (TPSA) is 52.5 Å². The number of nitrogens with two attached hydrogens (primary N) is 1. The Labute approximate surface area is 117 Å². The molecule has 0 saturated heterocycles. The van der Waals surface area contributed by atoms with E-state index >= 15 is 0 Å². The number of hydrogen-bond acceptors (Lipinski definition) is 4. The Bertz CT molecular complexity index is 753. The van der Waals surface area contributed by atoms with Crippen molar-refractivity contribution in [2.24, 2.45) is 5.73 Å². The van der Waals surface area contributed by atoms with Crippen LogP contribution in [0.15, 0.2) is 29.8 Å². The van der Waals surface area contributed by atoms with Crippen molar-refractivity contribution < 1.29 is 13.5 Å². The quantitative estimate of drug-likeness (QED) is 0.805. The fourth-order valence-electron chi connectivity index (χ4n) is 1.92. The molecule has 0 aliphatic carbocycles. The SMILES string of the molecule is NCCc1c(Oc2cc(F)ccc2F)nc2sccn12. The minimum Gasteiger partial charge on any atom is -0.434 e. The molecule has 0 atom stereocenters. The Hall–Kier alpha value is -1.99. The molecule has 0 aliphatic heterocycles. The van der Waals surface area contributed by atoms with Crippen LogP contribution >= 0.6 is 11.3 Å². The van der Waals surface area contributed by atoms with Gasteiger partial charge in [-0.3, -0.25) is 4.40 Å². The smallest absolute Gasteiger partial charge is 0.242 e. The highest BCUT2D eigenvalue weighted by Crippen LogP contribution is 2.30. The number of hydrogen-bond donors (Lipinski definition) is 1. The Kier molecular flexibility index (Phi) is 3.37. The number of ether oxygens (including phenoxy) is 1. The summed E-state index contributed by atoms with van der Waals surface area (Å²) in [6, 6.07) is 3.05. The molecule has 0 bridgehead atoms. The molecule has 2 N–H and O–H groups in total. The van der Waals surface area contributed by atoms with E-state index in [4.69, 9.17) is 10.5 Å². The van der Waals surface area contributed by atoms with E-state index in [0.717, 1.165) is 28.9 Å².